The first-order chi connectivity index (χ1) is 9.15. The molecule has 0 saturated heterocycles. The van der Waals surface area contributed by atoms with Crippen LogP contribution in [-0.4, -0.2) is 5.91 Å². The second-order valence-electron chi connectivity index (χ2n) is 4.40. The van der Waals surface area contributed by atoms with Gasteiger partial charge in [-0.15, -0.1) is 0 Å². The van der Waals surface area contributed by atoms with Gasteiger partial charge in [-0.05, 0) is 31.6 Å². The lowest BCUT2D eigenvalue weighted by Gasteiger charge is -2.00. The molecule has 0 radical (unpaired) electrons. The SMILES string of the molecule is Cc1cc(CNC(=O)/C=C/c2ccccc2)c(C)o1. The lowest BCUT2D eigenvalue weighted by atomic mass is 10.2. The zero-order valence-corrected chi connectivity index (χ0v) is 11.1. The van der Waals surface area contributed by atoms with Crippen molar-refractivity contribution in [3.05, 3.63) is 65.1 Å². The van der Waals surface area contributed by atoms with Gasteiger partial charge in [0.2, 0.25) is 5.91 Å². The van der Waals surface area contributed by atoms with Crippen molar-refractivity contribution >= 4 is 12.0 Å². The van der Waals surface area contributed by atoms with Crippen molar-refractivity contribution in [2.24, 2.45) is 0 Å². The van der Waals surface area contributed by atoms with Gasteiger partial charge in [0, 0.05) is 18.2 Å². The summed E-state index contributed by atoms with van der Waals surface area (Å²) >= 11 is 0. The second-order valence-corrected chi connectivity index (χ2v) is 4.40. The first kappa shape index (κ1) is 13.1. The highest BCUT2D eigenvalue weighted by Crippen LogP contribution is 2.13. The Kier molecular flexibility index (Phi) is 4.18. The maximum Gasteiger partial charge on any atom is 0.244 e. The highest BCUT2D eigenvalue weighted by atomic mass is 16.3. The van der Waals surface area contributed by atoms with Gasteiger partial charge in [0.15, 0.2) is 0 Å². The predicted molar refractivity (Wildman–Crippen MR) is 75.5 cm³/mol. The van der Waals surface area contributed by atoms with Crippen LogP contribution in [0.2, 0.25) is 0 Å². The van der Waals surface area contributed by atoms with Gasteiger partial charge in [-0.3, -0.25) is 4.79 Å². The van der Waals surface area contributed by atoms with Gasteiger partial charge in [0.1, 0.15) is 11.5 Å². The van der Waals surface area contributed by atoms with E-state index in [1.165, 1.54) is 6.08 Å². The molecule has 0 aliphatic rings. The average molecular weight is 255 g/mol. The van der Waals surface area contributed by atoms with E-state index in [2.05, 4.69) is 5.32 Å². The van der Waals surface area contributed by atoms with E-state index in [0.29, 0.717) is 6.54 Å². The van der Waals surface area contributed by atoms with Crippen molar-refractivity contribution in [3.63, 3.8) is 0 Å². The fourth-order valence-corrected chi connectivity index (χ4v) is 1.84. The summed E-state index contributed by atoms with van der Waals surface area (Å²) in [5.41, 5.74) is 2.02. The van der Waals surface area contributed by atoms with Gasteiger partial charge in [0.25, 0.3) is 0 Å². The molecule has 1 amide bonds. The standard InChI is InChI=1S/C16H17NO2/c1-12-10-15(13(2)19-12)11-17-16(18)9-8-14-6-4-3-5-7-14/h3-10H,11H2,1-2H3,(H,17,18)/b9-8+. The summed E-state index contributed by atoms with van der Waals surface area (Å²) < 4.78 is 5.41. The first-order valence-corrected chi connectivity index (χ1v) is 6.22. The lowest BCUT2D eigenvalue weighted by Crippen LogP contribution is -2.20. The minimum Gasteiger partial charge on any atom is -0.466 e. The van der Waals surface area contributed by atoms with Crippen molar-refractivity contribution in [2.45, 2.75) is 20.4 Å². The van der Waals surface area contributed by atoms with Crippen molar-refractivity contribution < 1.29 is 9.21 Å². The van der Waals surface area contributed by atoms with Crippen LogP contribution >= 0.6 is 0 Å². The fraction of sp³-hybridized carbons (Fsp3) is 0.188. The fourth-order valence-electron chi connectivity index (χ4n) is 1.84. The summed E-state index contributed by atoms with van der Waals surface area (Å²) in [6, 6.07) is 11.7. The van der Waals surface area contributed by atoms with E-state index in [4.69, 9.17) is 4.42 Å². The molecule has 0 bridgehead atoms. The van der Waals surface area contributed by atoms with Crippen LogP contribution in [0.5, 0.6) is 0 Å². The molecule has 98 valence electrons. The molecule has 0 aliphatic heterocycles. The Morgan fingerprint density at radius 3 is 2.63 bits per heavy atom. The van der Waals surface area contributed by atoms with Crippen molar-refractivity contribution in [1.82, 2.24) is 5.32 Å². The number of aryl methyl sites for hydroxylation is 2. The van der Waals surface area contributed by atoms with E-state index in [1.807, 2.05) is 50.2 Å². The molecule has 3 nitrogen and oxygen atoms in total. The van der Waals surface area contributed by atoms with Gasteiger partial charge in [-0.2, -0.15) is 0 Å². The second kappa shape index (κ2) is 6.05. The van der Waals surface area contributed by atoms with Crippen molar-refractivity contribution in [3.8, 4) is 0 Å². The molecule has 3 heteroatoms. The zero-order valence-electron chi connectivity index (χ0n) is 11.1. The molecular weight excluding hydrogens is 238 g/mol. The van der Waals surface area contributed by atoms with Gasteiger partial charge in [-0.25, -0.2) is 0 Å². The zero-order chi connectivity index (χ0) is 13.7. The molecule has 0 unspecified atom stereocenters. The molecule has 1 aromatic heterocycles. The summed E-state index contributed by atoms with van der Waals surface area (Å²) in [6.07, 6.45) is 3.33. The normalized spacial score (nSPS) is 10.8. The van der Waals surface area contributed by atoms with Crippen LogP contribution in [0.3, 0.4) is 0 Å². The van der Waals surface area contributed by atoms with E-state index in [0.717, 1.165) is 22.6 Å². The number of hydrogen-bond donors (Lipinski definition) is 1. The number of carbonyl (C=O) groups excluding carboxylic acids is 1. The average Bonchev–Trinajstić information content (AvgIpc) is 2.73. The number of nitrogens with one attached hydrogen (secondary N) is 1. The molecule has 1 heterocycles. The Bertz CT molecular complexity index is 582. The smallest absolute Gasteiger partial charge is 0.244 e. The first-order valence-electron chi connectivity index (χ1n) is 6.22. The molecule has 2 aromatic rings. The molecule has 0 spiro atoms. The van der Waals surface area contributed by atoms with Crippen LogP contribution in [0.15, 0.2) is 46.9 Å². The summed E-state index contributed by atoms with van der Waals surface area (Å²) in [5.74, 6) is 1.61. The van der Waals surface area contributed by atoms with E-state index in [9.17, 15) is 4.79 Å². The third-order valence-electron chi connectivity index (χ3n) is 2.82. The number of benzene rings is 1. The van der Waals surface area contributed by atoms with Gasteiger partial charge in [0.05, 0.1) is 0 Å². The molecular formula is C16H17NO2. The third-order valence-corrected chi connectivity index (χ3v) is 2.82. The molecule has 1 N–H and O–H groups in total. The van der Waals surface area contributed by atoms with E-state index >= 15 is 0 Å². The number of furan rings is 1. The van der Waals surface area contributed by atoms with Crippen molar-refractivity contribution in [2.75, 3.05) is 0 Å². The molecule has 0 saturated carbocycles. The number of amides is 1. The van der Waals surface area contributed by atoms with Gasteiger partial charge >= 0.3 is 0 Å². The molecule has 2 rings (SSSR count). The van der Waals surface area contributed by atoms with Crippen LogP contribution in [0, 0.1) is 13.8 Å². The maximum absolute atomic E-state index is 11.7. The highest BCUT2D eigenvalue weighted by Gasteiger charge is 2.04. The van der Waals surface area contributed by atoms with Crippen LogP contribution in [0.4, 0.5) is 0 Å². The van der Waals surface area contributed by atoms with Crippen LogP contribution in [-0.2, 0) is 11.3 Å². The Morgan fingerprint density at radius 1 is 1.26 bits per heavy atom. The monoisotopic (exact) mass is 255 g/mol. The Morgan fingerprint density at radius 2 is 2.00 bits per heavy atom. The quantitative estimate of drug-likeness (QED) is 0.852. The predicted octanol–water partition coefficient (Wildman–Crippen LogP) is 3.23. The van der Waals surface area contributed by atoms with Crippen molar-refractivity contribution in [1.29, 1.82) is 0 Å². The van der Waals surface area contributed by atoms with E-state index in [1.54, 1.807) is 6.08 Å². The number of rotatable bonds is 4. The Balaban J connectivity index is 1.88. The summed E-state index contributed by atoms with van der Waals surface area (Å²) in [5, 5.41) is 2.84. The molecule has 0 aliphatic carbocycles. The van der Waals surface area contributed by atoms with Gasteiger partial charge in [-0.1, -0.05) is 30.3 Å². The van der Waals surface area contributed by atoms with Gasteiger partial charge < -0.3 is 9.73 Å². The summed E-state index contributed by atoms with van der Waals surface area (Å²) in [6.45, 7) is 4.28. The van der Waals surface area contributed by atoms with Crippen LogP contribution in [0.1, 0.15) is 22.6 Å². The minimum atomic E-state index is -0.109. The number of carbonyl (C=O) groups is 1. The Labute approximate surface area is 112 Å². The Hall–Kier alpha value is -2.29. The lowest BCUT2D eigenvalue weighted by molar-refractivity contribution is -0.116. The van der Waals surface area contributed by atoms with Crippen LogP contribution < -0.4 is 5.32 Å². The van der Waals surface area contributed by atoms with Crippen LogP contribution in [0.25, 0.3) is 6.08 Å². The molecule has 0 fully saturated rings. The van der Waals surface area contributed by atoms with E-state index in [-0.39, 0.29) is 5.91 Å². The maximum atomic E-state index is 11.7. The topological polar surface area (TPSA) is 42.2 Å². The molecule has 0 atom stereocenters. The minimum absolute atomic E-state index is 0.109. The number of hydrogen-bond acceptors (Lipinski definition) is 2. The molecule has 1 aromatic carbocycles. The molecule has 19 heavy (non-hydrogen) atoms. The largest absolute Gasteiger partial charge is 0.466 e. The summed E-state index contributed by atoms with van der Waals surface area (Å²) in [7, 11) is 0. The third kappa shape index (κ3) is 3.85. The highest BCUT2D eigenvalue weighted by molar-refractivity contribution is 5.91. The summed E-state index contributed by atoms with van der Waals surface area (Å²) in [4.78, 5) is 11.7. The van der Waals surface area contributed by atoms with E-state index < -0.39 is 0 Å².